The molecule has 4 unspecified atom stereocenters. The van der Waals surface area contributed by atoms with Crippen LogP contribution in [0.2, 0.25) is 18.1 Å². The van der Waals surface area contributed by atoms with Crippen LogP contribution in [0.25, 0.3) is 0 Å². The topological polar surface area (TPSA) is 44.8 Å². The Morgan fingerprint density at radius 2 is 1.78 bits per heavy atom. The lowest BCUT2D eigenvalue weighted by Crippen LogP contribution is -2.57. The lowest BCUT2D eigenvalue weighted by molar-refractivity contribution is -0.131. The largest absolute Gasteiger partial charge is 0.467 e. The SMILES string of the molecule is CC1OC2=C3CC(=O)CC[C@]3(C)C3CC[C@@]4(C)C(CC[C@@H]4O[Si](C)(C)C(C)(C)C)C3[C@H]2O1. The standard InChI is InChI=1S/C27H44O4Si/c1-16-29-23-20-15-17(28)11-13-26(20,5)19-12-14-27(6)18(22(19)24(23)30-16)9-10-21(27)31-32(7,8)25(2,3)4/h16,18-19,21-22,24H,9-15H2,1-8H3/t16?,18?,19?,21-,22?,24+,26+,27-/m0/s1. The van der Waals surface area contributed by atoms with Gasteiger partial charge in [0.15, 0.2) is 14.6 Å². The van der Waals surface area contributed by atoms with Crippen LogP contribution in [-0.4, -0.2) is 32.6 Å². The van der Waals surface area contributed by atoms with Gasteiger partial charge in [-0.15, -0.1) is 0 Å². The molecule has 0 spiro atoms. The van der Waals surface area contributed by atoms with Crippen LogP contribution in [0, 0.1) is 28.6 Å². The molecule has 4 aliphatic carbocycles. The van der Waals surface area contributed by atoms with Crippen LogP contribution in [0.1, 0.15) is 86.5 Å². The zero-order valence-corrected chi connectivity index (χ0v) is 22.5. The van der Waals surface area contributed by atoms with E-state index in [-0.39, 0.29) is 28.3 Å². The Kier molecular flexibility index (Phi) is 5.18. The number of allylic oxidation sites excluding steroid dienone is 1. The van der Waals surface area contributed by atoms with Crippen LogP contribution < -0.4 is 0 Å². The van der Waals surface area contributed by atoms with Gasteiger partial charge in [0.1, 0.15) is 17.6 Å². The van der Waals surface area contributed by atoms with Crippen molar-refractivity contribution in [1.29, 1.82) is 0 Å². The average molecular weight is 461 g/mol. The summed E-state index contributed by atoms with van der Waals surface area (Å²) in [5.74, 6) is 3.06. The molecule has 0 amide bonds. The summed E-state index contributed by atoms with van der Waals surface area (Å²) < 4.78 is 19.9. The van der Waals surface area contributed by atoms with Gasteiger partial charge in [0.05, 0.1) is 6.10 Å². The third-order valence-corrected chi connectivity index (χ3v) is 15.3. The molecule has 180 valence electrons. The summed E-state index contributed by atoms with van der Waals surface area (Å²) in [5, 5.41) is 0.230. The molecule has 0 aromatic heterocycles. The molecule has 1 aliphatic heterocycles. The Morgan fingerprint density at radius 3 is 2.47 bits per heavy atom. The van der Waals surface area contributed by atoms with E-state index in [0.29, 0.717) is 36.1 Å². The van der Waals surface area contributed by atoms with Gasteiger partial charge in [-0.3, -0.25) is 4.79 Å². The van der Waals surface area contributed by atoms with Gasteiger partial charge in [-0.05, 0) is 91.3 Å². The summed E-state index contributed by atoms with van der Waals surface area (Å²) in [4.78, 5) is 12.4. The number of ketones is 1. The van der Waals surface area contributed by atoms with Gasteiger partial charge in [-0.2, -0.15) is 0 Å². The molecule has 3 saturated carbocycles. The maximum Gasteiger partial charge on any atom is 0.197 e. The predicted molar refractivity (Wildman–Crippen MR) is 129 cm³/mol. The van der Waals surface area contributed by atoms with Gasteiger partial charge < -0.3 is 13.9 Å². The quantitative estimate of drug-likeness (QED) is 0.435. The highest BCUT2D eigenvalue weighted by molar-refractivity contribution is 6.74. The van der Waals surface area contributed by atoms with Gasteiger partial charge in [-0.25, -0.2) is 0 Å². The highest BCUT2D eigenvalue weighted by Gasteiger charge is 2.65. The Labute approximate surface area is 196 Å². The van der Waals surface area contributed by atoms with Gasteiger partial charge >= 0.3 is 0 Å². The van der Waals surface area contributed by atoms with Crippen molar-refractivity contribution in [1.82, 2.24) is 0 Å². The molecule has 32 heavy (non-hydrogen) atoms. The van der Waals surface area contributed by atoms with Crippen molar-refractivity contribution in [2.75, 3.05) is 0 Å². The Balaban J connectivity index is 1.51. The molecule has 0 radical (unpaired) electrons. The summed E-state index contributed by atoms with van der Waals surface area (Å²) in [6, 6.07) is 0. The van der Waals surface area contributed by atoms with E-state index in [4.69, 9.17) is 13.9 Å². The van der Waals surface area contributed by atoms with Gasteiger partial charge in [0.2, 0.25) is 0 Å². The average Bonchev–Trinajstić information content (AvgIpc) is 3.22. The van der Waals surface area contributed by atoms with Crippen molar-refractivity contribution in [2.24, 2.45) is 28.6 Å². The van der Waals surface area contributed by atoms with Crippen LogP contribution in [0.3, 0.4) is 0 Å². The lowest BCUT2D eigenvalue weighted by atomic mass is 9.47. The molecular weight excluding hydrogens is 416 g/mol. The Hall–Kier alpha value is -0.653. The number of carbonyl (C=O) groups excluding carboxylic acids is 1. The Bertz CT molecular complexity index is 841. The number of rotatable bonds is 2. The third kappa shape index (κ3) is 3.16. The smallest absolute Gasteiger partial charge is 0.197 e. The zero-order valence-electron chi connectivity index (χ0n) is 21.5. The maximum atomic E-state index is 12.4. The number of hydrogen-bond donors (Lipinski definition) is 0. The molecule has 0 bridgehead atoms. The molecular formula is C27H44O4Si. The number of carbonyl (C=O) groups is 1. The van der Waals surface area contributed by atoms with Crippen molar-refractivity contribution in [2.45, 2.75) is 123 Å². The number of Topliss-reactive ketones (excluding diaryl/α,β-unsaturated/α-hetero) is 1. The fourth-order valence-electron chi connectivity index (χ4n) is 7.90. The molecule has 5 heteroatoms. The van der Waals surface area contributed by atoms with Crippen LogP contribution in [0.15, 0.2) is 11.3 Å². The van der Waals surface area contributed by atoms with Crippen molar-refractivity contribution in [3.8, 4) is 0 Å². The van der Waals surface area contributed by atoms with Crippen LogP contribution in [-0.2, 0) is 18.7 Å². The second-order valence-electron chi connectivity index (χ2n) is 13.5. The van der Waals surface area contributed by atoms with E-state index >= 15 is 0 Å². The van der Waals surface area contributed by atoms with Gasteiger partial charge in [0.25, 0.3) is 0 Å². The van der Waals surface area contributed by atoms with Crippen molar-refractivity contribution in [3.63, 3.8) is 0 Å². The molecule has 5 rings (SSSR count). The molecule has 1 heterocycles. The van der Waals surface area contributed by atoms with E-state index < -0.39 is 8.32 Å². The molecule has 5 aliphatic rings. The highest BCUT2D eigenvalue weighted by Crippen LogP contribution is 2.67. The molecule has 0 aromatic carbocycles. The first-order chi connectivity index (χ1) is 14.8. The second kappa shape index (κ2) is 7.18. The zero-order chi connectivity index (χ0) is 23.3. The monoisotopic (exact) mass is 460 g/mol. The minimum absolute atomic E-state index is 0.0280. The summed E-state index contributed by atoms with van der Waals surface area (Å²) in [6.07, 6.45) is 7.27. The third-order valence-electron chi connectivity index (χ3n) is 10.8. The molecule has 4 fully saturated rings. The minimum atomic E-state index is -1.83. The Morgan fingerprint density at radius 1 is 1.06 bits per heavy atom. The summed E-state index contributed by atoms with van der Waals surface area (Å²) in [5.41, 5.74) is 1.56. The van der Waals surface area contributed by atoms with Gasteiger partial charge in [-0.1, -0.05) is 34.6 Å². The maximum absolute atomic E-state index is 12.4. The summed E-state index contributed by atoms with van der Waals surface area (Å²) in [6.45, 7) is 18.8. The van der Waals surface area contributed by atoms with Crippen LogP contribution in [0.4, 0.5) is 0 Å². The molecule has 4 nitrogen and oxygen atoms in total. The number of hydrogen-bond acceptors (Lipinski definition) is 4. The predicted octanol–water partition coefficient (Wildman–Crippen LogP) is 6.61. The number of fused-ring (bicyclic) bond motifs is 7. The van der Waals surface area contributed by atoms with E-state index in [1.54, 1.807) is 0 Å². The fraction of sp³-hybridized carbons (Fsp3) is 0.889. The van der Waals surface area contributed by atoms with Crippen molar-refractivity contribution in [3.05, 3.63) is 11.3 Å². The normalized spacial score (nSPS) is 46.3. The van der Waals surface area contributed by atoms with Crippen molar-refractivity contribution < 1.29 is 18.7 Å². The summed E-state index contributed by atoms with van der Waals surface area (Å²) >= 11 is 0. The van der Waals surface area contributed by atoms with E-state index in [1.165, 1.54) is 31.3 Å². The molecule has 0 aromatic rings. The molecule has 0 N–H and O–H groups in total. The van der Waals surface area contributed by atoms with E-state index in [1.807, 2.05) is 6.92 Å². The highest BCUT2D eigenvalue weighted by atomic mass is 28.4. The molecule has 8 atom stereocenters. The fourth-order valence-corrected chi connectivity index (χ4v) is 9.36. The number of ether oxygens (including phenoxy) is 2. The van der Waals surface area contributed by atoms with Crippen LogP contribution in [0.5, 0.6) is 0 Å². The first-order valence-corrected chi connectivity index (χ1v) is 15.9. The lowest BCUT2D eigenvalue weighted by Gasteiger charge is -2.59. The van der Waals surface area contributed by atoms with Gasteiger partial charge in [0, 0.05) is 12.8 Å². The first kappa shape index (κ1) is 23.1. The van der Waals surface area contributed by atoms with E-state index in [2.05, 4.69) is 47.7 Å². The van der Waals surface area contributed by atoms with Crippen molar-refractivity contribution >= 4 is 14.1 Å². The summed E-state index contributed by atoms with van der Waals surface area (Å²) in [7, 11) is -1.83. The van der Waals surface area contributed by atoms with E-state index in [9.17, 15) is 4.79 Å². The first-order valence-electron chi connectivity index (χ1n) is 13.0. The van der Waals surface area contributed by atoms with E-state index in [0.717, 1.165) is 18.6 Å². The minimum Gasteiger partial charge on any atom is -0.467 e. The molecule has 1 saturated heterocycles. The second-order valence-corrected chi connectivity index (χ2v) is 18.3. The van der Waals surface area contributed by atoms with Crippen LogP contribution >= 0.6 is 0 Å².